The van der Waals surface area contributed by atoms with Gasteiger partial charge in [-0.25, -0.2) is 0 Å². The van der Waals surface area contributed by atoms with Crippen LogP contribution in [0.1, 0.15) is 18.4 Å². The van der Waals surface area contributed by atoms with Crippen molar-refractivity contribution in [3.63, 3.8) is 0 Å². The molecule has 1 fully saturated rings. The quantitative estimate of drug-likeness (QED) is 0.801. The number of hydrogen-bond donors (Lipinski definition) is 2. The molecule has 1 heterocycles. The second-order valence-electron chi connectivity index (χ2n) is 5.62. The molecule has 0 aliphatic carbocycles. The number of carbonyl (C=O) groups is 1. The van der Waals surface area contributed by atoms with Gasteiger partial charge in [0.25, 0.3) is 0 Å². The van der Waals surface area contributed by atoms with Crippen molar-refractivity contribution in [2.45, 2.75) is 19.4 Å². The topological polar surface area (TPSA) is 67.6 Å². The molecule has 122 valence electrons. The Morgan fingerprint density at radius 1 is 1.55 bits per heavy atom. The smallest absolute Gasteiger partial charge is 0.224 e. The number of likely N-dealkylation sites (tertiary alicyclic amines) is 1. The first-order valence-corrected chi connectivity index (χ1v) is 8.46. The van der Waals surface area contributed by atoms with Crippen molar-refractivity contribution in [3.8, 4) is 5.75 Å². The molecule has 1 unspecified atom stereocenters. The summed E-state index contributed by atoms with van der Waals surface area (Å²) < 4.78 is 6.21. The summed E-state index contributed by atoms with van der Waals surface area (Å²) in [6, 6.07) is 6.12. The molecule has 1 amide bonds. The van der Waals surface area contributed by atoms with E-state index in [0.29, 0.717) is 13.1 Å². The van der Waals surface area contributed by atoms with Gasteiger partial charge >= 0.3 is 0 Å². The highest BCUT2D eigenvalue weighted by Crippen LogP contribution is 2.27. The standard InChI is InChI=1S/C16H24BrN3O2/c1-22-15-5-4-12(9-14(15)17)10-20-8-2-3-13(11-20)16(21)19-7-6-18/h4-5,9,13H,2-3,6-8,10-11,18H2,1H3,(H,19,21). The van der Waals surface area contributed by atoms with Crippen molar-refractivity contribution < 1.29 is 9.53 Å². The van der Waals surface area contributed by atoms with Crippen molar-refractivity contribution in [1.82, 2.24) is 10.2 Å². The number of ether oxygens (including phenoxy) is 1. The van der Waals surface area contributed by atoms with Gasteiger partial charge in [0, 0.05) is 26.2 Å². The maximum Gasteiger partial charge on any atom is 0.224 e. The number of piperidine rings is 1. The Hall–Kier alpha value is -1.11. The van der Waals surface area contributed by atoms with Crippen LogP contribution in [0.5, 0.6) is 5.75 Å². The van der Waals surface area contributed by atoms with Crippen LogP contribution in [0, 0.1) is 5.92 Å². The molecular weight excluding hydrogens is 346 g/mol. The number of halogens is 1. The van der Waals surface area contributed by atoms with E-state index in [1.807, 2.05) is 6.07 Å². The summed E-state index contributed by atoms with van der Waals surface area (Å²) in [5.74, 6) is 1.04. The van der Waals surface area contributed by atoms with Crippen molar-refractivity contribution >= 4 is 21.8 Å². The molecule has 5 nitrogen and oxygen atoms in total. The van der Waals surface area contributed by atoms with E-state index in [1.54, 1.807) is 7.11 Å². The van der Waals surface area contributed by atoms with Gasteiger partial charge in [0.15, 0.2) is 0 Å². The minimum atomic E-state index is 0.0713. The third-order valence-corrected chi connectivity index (χ3v) is 4.56. The van der Waals surface area contributed by atoms with Crippen LogP contribution in [0.25, 0.3) is 0 Å². The number of rotatable bonds is 6. The Morgan fingerprint density at radius 2 is 2.36 bits per heavy atom. The molecule has 0 bridgehead atoms. The minimum Gasteiger partial charge on any atom is -0.496 e. The molecular formula is C16H24BrN3O2. The van der Waals surface area contributed by atoms with Crippen LogP contribution in [-0.2, 0) is 11.3 Å². The van der Waals surface area contributed by atoms with Crippen LogP contribution in [0.4, 0.5) is 0 Å². The van der Waals surface area contributed by atoms with Crippen LogP contribution in [0.15, 0.2) is 22.7 Å². The molecule has 22 heavy (non-hydrogen) atoms. The Bertz CT molecular complexity index is 510. The highest BCUT2D eigenvalue weighted by molar-refractivity contribution is 9.10. The predicted molar refractivity (Wildman–Crippen MR) is 90.8 cm³/mol. The SMILES string of the molecule is COc1ccc(CN2CCCC(C(=O)NCCN)C2)cc1Br. The lowest BCUT2D eigenvalue weighted by Gasteiger charge is -2.32. The van der Waals surface area contributed by atoms with E-state index in [4.69, 9.17) is 10.5 Å². The lowest BCUT2D eigenvalue weighted by Crippen LogP contribution is -2.43. The fourth-order valence-corrected chi connectivity index (χ4v) is 3.41. The summed E-state index contributed by atoms with van der Waals surface area (Å²) in [5.41, 5.74) is 6.65. The molecule has 0 spiro atoms. The number of methoxy groups -OCH3 is 1. The van der Waals surface area contributed by atoms with E-state index >= 15 is 0 Å². The first-order valence-electron chi connectivity index (χ1n) is 7.66. The monoisotopic (exact) mass is 369 g/mol. The molecule has 0 saturated carbocycles. The van der Waals surface area contributed by atoms with Gasteiger partial charge in [-0.3, -0.25) is 9.69 Å². The molecule has 2 rings (SSSR count). The van der Waals surface area contributed by atoms with Crippen LogP contribution in [0.2, 0.25) is 0 Å². The number of carbonyl (C=O) groups excluding carboxylic acids is 1. The number of amides is 1. The fourth-order valence-electron chi connectivity index (χ4n) is 2.82. The van der Waals surface area contributed by atoms with Gasteiger partial charge in [-0.1, -0.05) is 6.07 Å². The van der Waals surface area contributed by atoms with E-state index in [1.165, 1.54) is 5.56 Å². The molecule has 1 aliphatic heterocycles. The third-order valence-electron chi connectivity index (χ3n) is 3.94. The summed E-state index contributed by atoms with van der Waals surface area (Å²) in [7, 11) is 1.66. The van der Waals surface area contributed by atoms with E-state index in [-0.39, 0.29) is 11.8 Å². The molecule has 1 atom stereocenters. The normalized spacial score (nSPS) is 19.0. The number of nitrogens with one attached hydrogen (secondary N) is 1. The second-order valence-corrected chi connectivity index (χ2v) is 6.48. The lowest BCUT2D eigenvalue weighted by atomic mass is 9.96. The van der Waals surface area contributed by atoms with Gasteiger partial charge < -0.3 is 15.8 Å². The zero-order valence-corrected chi connectivity index (χ0v) is 14.6. The lowest BCUT2D eigenvalue weighted by molar-refractivity contribution is -0.126. The summed E-state index contributed by atoms with van der Waals surface area (Å²) in [4.78, 5) is 14.4. The van der Waals surface area contributed by atoms with Gasteiger partial charge in [-0.15, -0.1) is 0 Å². The summed E-state index contributed by atoms with van der Waals surface area (Å²) in [6.45, 7) is 3.73. The average Bonchev–Trinajstić information content (AvgIpc) is 2.53. The van der Waals surface area contributed by atoms with Crippen molar-refractivity contribution in [2.75, 3.05) is 33.3 Å². The second kappa shape index (κ2) is 8.50. The molecule has 0 aromatic heterocycles. The Morgan fingerprint density at radius 3 is 3.05 bits per heavy atom. The van der Waals surface area contributed by atoms with Gasteiger partial charge in [0.2, 0.25) is 5.91 Å². The Labute approximate surface area is 140 Å². The van der Waals surface area contributed by atoms with Crippen molar-refractivity contribution in [1.29, 1.82) is 0 Å². The van der Waals surface area contributed by atoms with Crippen molar-refractivity contribution in [3.05, 3.63) is 28.2 Å². The molecule has 1 aliphatic rings. The van der Waals surface area contributed by atoms with Gasteiger partial charge in [-0.05, 0) is 53.0 Å². The molecule has 1 aromatic rings. The van der Waals surface area contributed by atoms with E-state index in [0.717, 1.165) is 42.7 Å². The zero-order chi connectivity index (χ0) is 15.9. The Balaban J connectivity index is 1.92. The average molecular weight is 370 g/mol. The zero-order valence-electron chi connectivity index (χ0n) is 13.0. The molecule has 0 radical (unpaired) electrons. The number of nitrogens with two attached hydrogens (primary N) is 1. The summed E-state index contributed by atoms with van der Waals surface area (Å²) in [5, 5.41) is 2.90. The molecule has 3 N–H and O–H groups in total. The van der Waals surface area contributed by atoms with Crippen LogP contribution < -0.4 is 15.8 Å². The maximum absolute atomic E-state index is 12.1. The molecule has 1 aromatic carbocycles. The largest absolute Gasteiger partial charge is 0.496 e. The van der Waals surface area contributed by atoms with E-state index < -0.39 is 0 Å². The number of hydrogen-bond acceptors (Lipinski definition) is 4. The summed E-state index contributed by atoms with van der Waals surface area (Å²) in [6.07, 6.45) is 2.01. The van der Waals surface area contributed by atoms with Crippen LogP contribution >= 0.6 is 15.9 Å². The van der Waals surface area contributed by atoms with E-state index in [2.05, 4.69) is 38.3 Å². The molecule has 6 heteroatoms. The Kier molecular flexibility index (Phi) is 6.67. The predicted octanol–water partition coefficient (Wildman–Crippen LogP) is 1.74. The fraction of sp³-hybridized carbons (Fsp3) is 0.562. The number of nitrogens with zero attached hydrogens (tertiary/aromatic N) is 1. The van der Waals surface area contributed by atoms with Gasteiger partial charge in [-0.2, -0.15) is 0 Å². The van der Waals surface area contributed by atoms with Gasteiger partial charge in [0.05, 0.1) is 17.5 Å². The number of benzene rings is 1. The highest BCUT2D eigenvalue weighted by atomic mass is 79.9. The highest BCUT2D eigenvalue weighted by Gasteiger charge is 2.25. The van der Waals surface area contributed by atoms with Gasteiger partial charge in [0.1, 0.15) is 5.75 Å². The third kappa shape index (κ3) is 4.69. The molecule has 1 saturated heterocycles. The van der Waals surface area contributed by atoms with Crippen LogP contribution in [0.3, 0.4) is 0 Å². The minimum absolute atomic E-state index is 0.0713. The van der Waals surface area contributed by atoms with Crippen LogP contribution in [-0.4, -0.2) is 44.1 Å². The van der Waals surface area contributed by atoms with Crippen molar-refractivity contribution in [2.24, 2.45) is 11.7 Å². The first-order chi connectivity index (χ1) is 10.6. The summed E-state index contributed by atoms with van der Waals surface area (Å²) >= 11 is 3.52. The van der Waals surface area contributed by atoms with E-state index in [9.17, 15) is 4.79 Å². The first kappa shape index (κ1) is 17.2. The maximum atomic E-state index is 12.1.